The molecule has 2 aromatic rings. The fraction of sp³-hybridized carbons (Fsp3) is 0.385. The predicted molar refractivity (Wildman–Crippen MR) is 134 cm³/mol. The zero-order valence-electron chi connectivity index (χ0n) is 20.1. The summed E-state index contributed by atoms with van der Waals surface area (Å²) in [4.78, 5) is 27.7. The van der Waals surface area contributed by atoms with E-state index in [-0.39, 0.29) is 22.8 Å². The number of ether oxygens (including phenoxy) is 1. The van der Waals surface area contributed by atoms with Crippen LogP contribution >= 0.6 is 0 Å². The normalized spacial score (nSPS) is 16.1. The van der Waals surface area contributed by atoms with E-state index in [0.29, 0.717) is 32.7 Å². The summed E-state index contributed by atoms with van der Waals surface area (Å²) >= 11 is 0. The van der Waals surface area contributed by atoms with Crippen LogP contribution in [-0.4, -0.2) is 63.6 Å². The summed E-state index contributed by atoms with van der Waals surface area (Å²) in [5.74, 6) is -0.543. The van der Waals surface area contributed by atoms with E-state index in [9.17, 15) is 18.0 Å². The molecule has 0 spiro atoms. The van der Waals surface area contributed by atoms with E-state index in [1.165, 1.54) is 18.2 Å². The number of carbonyl (C=O) groups is 2. The first kappa shape index (κ1) is 26.4. The van der Waals surface area contributed by atoms with Crippen LogP contribution in [0.5, 0.6) is 0 Å². The third kappa shape index (κ3) is 7.93. The van der Waals surface area contributed by atoms with E-state index in [4.69, 9.17) is 4.74 Å². The molecule has 0 radical (unpaired) electrons. The minimum Gasteiger partial charge on any atom is -0.378 e. The van der Waals surface area contributed by atoms with E-state index in [1.54, 1.807) is 23.1 Å². The standard InChI is InChI=1S/C26H33N3O5S/c1-20(2)24(28-26(31)29-14-16-34-17-15-29)25(30)27-22(19-21-9-5-3-6-10-21)13-18-35(32,33)23-11-7-4-8-12-23/h3-13,18,20,22,24H,14-17,19H2,1-2H3,(H,27,30)(H,28,31)/b18-13+/t22-,24+/m1/s1. The lowest BCUT2D eigenvalue weighted by atomic mass is 10.0. The Labute approximate surface area is 207 Å². The lowest BCUT2D eigenvalue weighted by Crippen LogP contribution is -2.56. The molecule has 1 heterocycles. The molecule has 2 N–H and O–H groups in total. The summed E-state index contributed by atoms with van der Waals surface area (Å²) in [6.07, 6.45) is 1.89. The molecule has 0 aliphatic carbocycles. The zero-order valence-corrected chi connectivity index (χ0v) is 20.9. The Morgan fingerprint density at radius 2 is 1.57 bits per heavy atom. The molecule has 9 heteroatoms. The molecular formula is C26H33N3O5S. The Hall–Kier alpha value is -3.17. The van der Waals surface area contributed by atoms with Crippen molar-refractivity contribution in [2.75, 3.05) is 26.3 Å². The van der Waals surface area contributed by atoms with Gasteiger partial charge in [0.2, 0.25) is 5.91 Å². The summed E-state index contributed by atoms with van der Waals surface area (Å²) in [5.41, 5.74) is 0.943. The fourth-order valence-corrected chi connectivity index (χ4v) is 4.81. The minimum absolute atomic E-state index is 0.172. The van der Waals surface area contributed by atoms with Gasteiger partial charge in [0, 0.05) is 18.5 Å². The van der Waals surface area contributed by atoms with Crippen LogP contribution in [0.3, 0.4) is 0 Å². The molecule has 1 saturated heterocycles. The maximum atomic E-state index is 13.2. The van der Waals surface area contributed by atoms with Crippen LogP contribution in [0, 0.1) is 5.92 Å². The van der Waals surface area contributed by atoms with Gasteiger partial charge in [-0.3, -0.25) is 4.79 Å². The maximum absolute atomic E-state index is 13.2. The highest BCUT2D eigenvalue weighted by molar-refractivity contribution is 7.94. The SMILES string of the molecule is CC(C)[C@H](NC(=O)N1CCOCC1)C(=O)N[C@H](/C=C/S(=O)(=O)c1ccccc1)Cc1ccccc1. The summed E-state index contributed by atoms with van der Waals surface area (Å²) in [6.45, 7) is 5.57. The number of benzene rings is 2. The van der Waals surface area contributed by atoms with Gasteiger partial charge in [-0.25, -0.2) is 13.2 Å². The van der Waals surface area contributed by atoms with Crippen LogP contribution in [0.25, 0.3) is 0 Å². The smallest absolute Gasteiger partial charge is 0.318 e. The van der Waals surface area contributed by atoms with Gasteiger partial charge >= 0.3 is 6.03 Å². The van der Waals surface area contributed by atoms with Crippen molar-refractivity contribution in [2.24, 2.45) is 5.92 Å². The third-order valence-corrected chi connectivity index (χ3v) is 7.16. The molecule has 1 aliphatic heterocycles. The second-order valence-corrected chi connectivity index (χ2v) is 10.6. The van der Waals surface area contributed by atoms with Crippen molar-refractivity contribution in [3.05, 3.63) is 77.7 Å². The Morgan fingerprint density at radius 3 is 2.17 bits per heavy atom. The number of morpholine rings is 1. The average Bonchev–Trinajstić information content (AvgIpc) is 2.87. The average molecular weight is 500 g/mol. The van der Waals surface area contributed by atoms with Gasteiger partial charge in [0.25, 0.3) is 0 Å². The molecule has 0 saturated carbocycles. The highest BCUT2D eigenvalue weighted by Crippen LogP contribution is 2.13. The summed E-state index contributed by atoms with van der Waals surface area (Å²) in [5, 5.41) is 6.89. The molecular weight excluding hydrogens is 466 g/mol. The Balaban J connectivity index is 1.76. The lowest BCUT2D eigenvalue weighted by Gasteiger charge is -2.30. The summed E-state index contributed by atoms with van der Waals surface area (Å²) in [7, 11) is -3.67. The maximum Gasteiger partial charge on any atom is 0.318 e. The van der Waals surface area contributed by atoms with E-state index >= 15 is 0 Å². The van der Waals surface area contributed by atoms with Gasteiger partial charge in [0.15, 0.2) is 9.84 Å². The van der Waals surface area contributed by atoms with Gasteiger partial charge in [0.05, 0.1) is 24.2 Å². The number of nitrogens with zero attached hydrogens (tertiary/aromatic N) is 1. The van der Waals surface area contributed by atoms with Gasteiger partial charge in [-0.2, -0.15) is 0 Å². The minimum atomic E-state index is -3.67. The van der Waals surface area contributed by atoms with Gasteiger partial charge in [-0.15, -0.1) is 0 Å². The van der Waals surface area contributed by atoms with Crippen LogP contribution in [0.15, 0.2) is 77.0 Å². The highest BCUT2D eigenvalue weighted by Gasteiger charge is 2.28. The van der Waals surface area contributed by atoms with Crippen molar-refractivity contribution in [1.82, 2.24) is 15.5 Å². The first-order valence-corrected chi connectivity index (χ1v) is 13.3. The van der Waals surface area contributed by atoms with Crippen LogP contribution < -0.4 is 10.6 Å². The number of carbonyl (C=O) groups excluding carboxylic acids is 2. The number of amides is 3. The molecule has 35 heavy (non-hydrogen) atoms. The van der Waals surface area contributed by atoms with E-state index in [1.807, 2.05) is 44.2 Å². The lowest BCUT2D eigenvalue weighted by molar-refractivity contribution is -0.124. The van der Waals surface area contributed by atoms with Gasteiger partial charge in [0.1, 0.15) is 6.04 Å². The van der Waals surface area contributed by atoms with Crippen molar-refractivity contribution >= 4 is 21.8 Å². The van der Waals surface area contributed by atoms with Gasteiger partial charge in [-0.1, -0.05) is 68.5 Å². The molecule has 0 aromatic heterocycles. The molecule has 188 valence electrons. The van der Waals surface area contributed by atoms with E-state index in [0.717, 1.165) is 11.0 Å². The van der Waals surface area contributed by atoms with Crippen molar-refractivity contribution < 1.29 is 22.7 Å². The number of urea groups is 1. The molecule has 3 rings (SSSR count). The largest absolute Gasteiger partial charge is 0.378 e. The highest BCUT2D eigenvalue weighted by atomic mass is 32.2. The number of hydrogen-bond acceptors (Lipinski definition) is 5. The van der Waals surface area contributed by atoms with E-state index in [2.05, 4.69) is 10.6 Å². The Bertz CT molecular complexity index is 1100. The first-order valence-electron chi connectivity index (χ1n) is 11.7. The van der Waals surface area contributed by atoms with Crippen molar-refractivity contribution in [1.29, 1.82) is 0 Å². The Kier molecular flexibility index (Phi) is 9.45. The van der Waals surface area contributed by atoms with Crippen molar-refractivity contribution in [2.45, 2.75) is 37.2 Å². The quantitative estimate of drug-likeness (QED) is 0.552. The number of sulfone groups is 1. The zero-order chi connectivity index (χ0) is 25.3. The second kappa shape index (κ2) is 12.5. The number of nitrogens with one attached hydrogen (secondary N) is 2. The third-order valence-electron chi connectivity index (χ3n) is 5.71. The summed E-state index contributed by atoms with van der Waals surface area (Å²) in [6, 6.07) is 15.9. The van der Waals surface area contributed by atoms with Crippen molar-refractivity contribution in [3.63, 3.8) is 0 Å². The van der Waals surface area contributed by atoms with Crippen LogP contribution in [0.1, 0.15) is 19.4 Å². The molecule has 2 aromatic carbocycles. The topological polar surface area (TPSA) is 105 Å². The monoisotopic (exact) mass is 499 g/mol. The number of hydrogen-bond donors (Lipinski definition) is 2. The van der Waals surface area contributed by atoms with Gasteiger partial charge < -0.3 is 20.3 Å². The molecule has 8 nitrogen and oxygen atoms in total. The van der Waals surface area contributed by atoms with Crippen molar-refractivity contribution in [3.8, 4) is 0 Å². The molecule has 0 bridgehead atoms. The molecule has 3 amide bonds. The summed E-state index contributed by atoms with van der Waals surface area (Å²) < 4.78 is 30.8. The van der Waals surface area contributed by atoms with Crippen LogP contribution in [0.4, 0.5) is 4.79 Å². The molecule has 2 atom stereocenters. The van der Waals surface area contributed by atoms with Crippen LogP contribution in [-0.2, 0) is 25.8 Å². The second-order valence-electron chi connectivity index (χ2n) is 8.76. The Morgan fingerprint density at radius 1 is 0.971 bits per heavy atom. The molecule has 1 fully saturated rings. The predicted octanol–water partition coefficient (Wildman–Crippen LogP) is 2.77. The molecule has 1 aliphatic rings. The molecule has 0 unspecified atom stereocenters. The fourth-order valence-electron chi connectivity index (χ4n) is 3.72. The van der Waals surface area contributed by atoms with Gasteiger partial charge in [-0.05, 0) is 30.0 Å². The first-order chi connectivity index (χ1) is 16.8. The van der Waals surface area contributed by atoms with E-state index < -0.39 is 21.9 Å². The number of rotatable bonds is 9. The van der Waals surface area contributed by atoms with Crippen LogP contribution in [0.2, 0.25) is 0 Å².